The fourth-order valence-electron chi connectivity index (χ4n) is 2.27. The summed E-state index contributed by atoms with van der Waals surface area (Å²) < 4.78 is 3.36. The van der Waals surface area contributed by atoms with Crippen molar-refractivity contribution in [3.8, 4) is 34.0 Å². The molecule has 1 heterocycles. The molecule has 0 aliphatic carbocycles. The number of aryl methyl sites for hydroxylation is 1. The van der Waals surface area contributed by atoms with E-state index in [1.165, 1.54) is 0 Å². The number of phenols is 2. The molecule has 4 nitrogen and oxygen atoms in total. The van der Waals surface area contributed by atoms with Crippen LogP contribution in [0.4, 0.5) is 0 Å². The van der Waals surface area contributed by atoms with Gasteiger partial charge in [-0.2, -0.15) is 5.10 Å². The van der Waals surface area contributed by atoms with Crippen LogP contribution in [-0.4, -0.2) is 20.0 Å². The van der Waals surface area contributed by atoms with Gasteiger partial charge in [-0.05, 0) is 74.3 Å². The average molecular weight is 424 g/mol. The van der Waals surface area contributed by atoms with Gasteiger partial charge in [0.25, 0.3) is 0 Å². The number of benzene rings is 2. The van der Waals surface area contributed by atoms with Gasteiger partial charge in [-0.15, -0.1) is 0 Å². The Hall–Kier alpha value is -1.79. The van der Waals surface area contributed by atoms with E-state index in [2.05, 4.69) is 37.0 Å². The number of rotatable bonds is 2. The summed E-state index contributed by atoms with van der Waals surface area (Å²) in [5.41, 5.74) is 3.55. The Morgan fingerprint density at radius 3 is 1.95 bits per heavy atom. The van der Waals surface area contributed by atoms with Crippen LogP contribution in [0.2, 0.25) is 0 Å². The van der Waals surface area contributed by atoms with Crippen LogP contribution in [0.3, 0.4) is 0 Å². The highest BCUT2D eigenvalue weighted by Gasteiger charge is 2.14. The topological polar surface area (TPSA) is 58.3 Å². The van der Waals surface area contributed by atoms with Gasteiger partial charge in [0.2, 0.25) is 0 Å². The van der Waals surface area contributed by atoms with Crippen LogP contribution in [0.1, 0.15) is 0 Å². The van der Waals surface area contributed by atoms with E-state index in [0.29, 0.717) is 0 Å². The van der Waals surface area contributed by atoms with Gasteiger partial charge in [-0.25, -0.2) is 0 Å². The van der Waals surface area contributed by atoms with E-state index in [1.54, 1.807) is 28.9 Å². The summed E-state index contributed by atoms with van der Waals surface area (Å²) in [6, 6.07) is 12.2. The number of phenolic OH excluding ortho intramolecular Hbond substituents is 2. The van der Waals surface area contributed by atoms with E-state index in [9.17, 15) is 10.2 Å². The Balaban J connectivity index is 2.11. The Morgan fingerprint density at radius 1 is 0.864 bits per heavy atom. The van der Waals surface area contributed by atoms with Crippen LogP contribution >= 0.6 is 31.9 Å². The predicted octanol–water partition coefficient (Wildman–Crippen LogP) is 4.69. The van der Waals surface area contributed by atoms with Gasteiger partial charge in [0.15, 0.2) is 0 Å². The molecular weight excluding hydrogens is 412 g/mol. The van der Waals surface area contributed by atoms with E-state index >= 15 is 0 Å². The lowest BCUT2D eigenvalue weighted by atomic mass is 10.1. The second-order valence-corrected chi connectivity index (χ2v) is 6.58. The smallest absolute Gasteiger partial charge is 0.116 e. The SMILES string of the molecule is Cn1nc(-c2ccc(O)cc2Br)cc1-c1ccc(O)cc1Br. The molecule has 2 N–H and O–H groups in total. The first kappa shape index (κ1) is 15.1. The quantitative estimate of drug-likeness (QED) is 0.628. The maximum atomic E-state index is 9.52. The zero-order valence-electron chi connectivity index (χ0n) is 11.6. The summed E-state index contributed by atoms with van der Waals surface area (Å²) in [5, 5.41) is 23.5. The van der Waals surface area contributed by atoms with Crippen LogP contribution in [0.5, 0.6) is 11.5 Å². The van der Waals surface area contributed by atoms with Crippen LogP contribution < -0.4 is 0 Å². The van der Waals surface area contributed by atoms with Gasteiger partial charge in [0.05, 0.1) is 11.4 Å². The highest BCUT2D eigenvalue weighted by molar-refractivity contribution is 9.11. The van der Waals surface area contributed by atoms with Crippen molar-refractivity contribution in [3.05, 3.63) is 51.4 Å². The van der Waals surface area contributed by atoms with Gasteiger partial charge in [0, 0.05) is 27.1 Å². The lowest BCUT2D eigenvalue weighted by Crippen LogP contribution is -1.94. The van der Waals surface area contributed by atoms with Crippen LogP contribution in [0, 0.1) is 0 Å². The monoisotopic (exact) mass is 422 g/mol. The molecule has 0 amide bonds. The number of aromatic nitrogens is 2. The number of hydrogen-bond acceptors (Lipinski definition) is 3. The molecule has 3 aromatic rings. The molecule has 0 atom stereocenters. The molecule has 6 heteroatoms. The van der Waals surface area contributed by atoms with Crippen molar-refractivity contribution in [2.24, 2.45) is 7.05 Å². The van der Waals surface area contributed by atoms with Gasteiger partial charge in [-0.1, -0.05) is 0 Å². The van der Waals surface area contributed by atoms with E-state index in [4.69, 9.17) is 0 Å². The molecule has 0 aliphatic heterocycles. The molecule has 3 rings (SSSR count). The fourth-order valence-corrected chi connectivity index (χ4v) is 3.41. The Morgan fingerprint density at radius 2 is 1.41 bits per heavy atom. The zero-order valence-corrected chi connectivity index (χ0v) is 14.8. The van der Waals surface area contributed by atoms with Gasteiger partial charge in [0.1, 0.15) is 11.5 Å². The fraction of sp³-hybridized carbons (Fsp3) is 0.0625. The zero-order chi connectivity index (χ0) is 15.9. The van der Waals surface area contributed by atoms with Crippen molar-refractivity contribution < 1.29 is 10.2 Å². The molecule has 22 heavy (non-hydrogen) atoms. The van der Waals surface area contributed by atoms with Gasteiger partial charge in [-0.3, -0.25) is 4.68 Å². The molecule has 0 saturated carbocycles. The van der Waals surface area contributed by atoms with Crippen molar-refractivity contribution >= 4 is 31.9 Å². The lowest BCUT2D eigenvalue weighted by Gasteiger charge is -2.04. The molecule has 0 aliphatic rings. The van der Waals surface area contributed by atoms with E-state index in [-0.39, 0.29) is 11.5 Å². The van der Waals surface area contributed by atoms with E-state index < -0.39 is 0 Å². The molecule has 2 aromatic carbocycles. The summed E-state index contributed by atoms with van der Waals surface area (Å²) in [6.45, 7) is 0. The minimum absolute atomic E-state index is 0.202. The summed E-state index contributed by atoms with van der Waals surface area (Å²) in [4.78, 5) is 0. The molecule has 0 spiro atoms. The number of halogens is 2. The summed E-state index contributed by atoms with van der Waals surface area (Å²) in [5.74, 6) is 0.410. The lowest BCUT2D eigenvalue weighted by molar-refractivity contribution is 0.474. The first-order valence-corrected chi connectivity index (χ1v) is 8.06. The molecule has 0 saturated heterocycles. The standard InChI is InChI=1S/C16H12Br2N2O2/c1-20-16(12-5-3-10(22)7-14(12)18)8-15(19-20)11-4-2-9(21)6-13(11)17/h2-8,21-22H,1H3. The third-order valence-corrected chi connectivity index (χ3v) is 4.65. The van der Waals surface area contributed by atoms with Crippen molar-refractivity contribution in [1.82, 2.24) is 9.78 Å². The number of hydrogen-bond donors (Lipinski definition) is 2. The Kier molecular flexibility index (Phi) is 3.97. The van der Waals surface area contributed by atoms with Gasteiger partial charge >= 0.3 is 0 Å². The molecule has 0 bridgehead atoms. The van der Waals surface area contributed by atoms with E-state index in [1.807, 2.05) is 25.2 Å². The number of nitrogens with zero attached hydrogens (tertiary/aromatic N) is 2. The second-order valence-electron chi connectivity index (χ2n) is 4.87. The molecule has 0 fully saturated rings. The third-order valence-electron chi connectivity index (χ3n) is 3.34. The van der Waals surface area contributed by atoms with Crippen molar-refractivity contribution in [2.75, 3.05) is 0 Å². The maximum absolute atomic E-state index is 9.52. The molecule has 0 radical (unpaired) electrons. The second kappa shape index (κ2) is 5.78. The minimum Gasteiger partial charge on any atom is -0.508 e. The number of aromatic hydroxyl groups is 2. The van der Waals surface area contributed by atoms with Crippen molar-refractivity contribution in [1.29, 1.82) is 0 Å². The largest absolute Gasteiger partial charge is 0.508 e. The summed E-state index contributed by atoms with van der Waals surface area (Å²) in [7, 11) is 1.87. The molecule has 112 valence electrons. The minimum atomic E-state index is 0.202. The third kappa shape index (κ3) is 2.76. The molecule has 0 unspecified atom stereocenters. The summed E-state index contributed by atoms with van der Waals surface area (Å²) >= 11 is 6.91. The highest BCUT2D eigenvalue weighted by Crippen LogP contribution is 2.35. The first-order chi connectivity index (χ1) is 10.5. The molecule has 1 aromatic heterocycles. The van der Waals surface area contributed by atoms with Crippen LogP contribution in [0.25, 0.3) is 22.5 Å². The van der Waals surface area contributed by atoms with Crippen molar-refractivity contribution in [2.45, 2.75) is 0 Å². The van der Waals surface area contributed by atoms with Gasteiger partial charge < -0.3 is 10.2 Å². The Labute approximate surface area is 144 Å². The highest BCUT2D eigenvalue weighted by atomic mass is 79.9. The predicted molar refractivity (Wildman–Crippen MR) is 92.8 cm³/mol. The van der Waals surface area contributed by atoms with E-state index in [0.717, 1.165) is 31.5 Å². The first-order valence-electron chi connectivity index (χ1n) is 6.47. The Bertz CT molecular complexity index is 859. The summed E-state index contributed by atoms with van der Waals surface area (Å²) in [6.07, 6.45) is 0. The van der Waals surface area contributed by atoms with Crippen LogP contribution in [-0.2, 0) is 7.05 Å². The van der Waals surface area contributed by atoms with Crippen LogP contribution in [0.15, 0.2) is 51.4 Å². The normalized spacial score (nSPS) is 10.9. The maximum Gasteiger partial charge on any atom is 0.116 e. The van der Waals surface area contributed by atoms with Crippen molar-refractivity contribution in [3.63, 3.8) is 0 Å². The molecular formula is C16H12Br2N2O2. The average Bonchev–Trinajstić information content (AvgIpc) is 2.80.